The number of carboxylic acid groups (broad SMARTS) is 1. The van der Waals surface area contributed by atoms with E-state index in [-0.39, 0.29) is 24.2 Å². The van der Waals surface area contributed by atoms with E-state index >= 15 is 0 Å². The summed E-state index contributed by atoms with van der Waals surface area (Å²) in [6.45, 7) is 11.1. The van der Waals surface area contributed by atoms with Crippen molar-refractivity contribution >= 4 is 23.7 Å². The molecule has 10 nitrogen and oxygen atoms in total. The number of aliphatic carboxylic acids is 1. The zero-order valence-corrected chi connectivity index (χ0v) is 19.6. The Morgan fingerprint density at radius 3 is 1.58 bits per heavy atom. The first-order chi connectivity index (χ1) is 14.3. The number of nitrogens with two attached hydrogens (primary N) is 2. The molecule has 4 atom stereocenters. The van der Waals surface area contributed by atoms with Crippen LogP contribution in [0.4, 0.5) is 0 Å². The molecule has 0 radical (unpaired) electrons. The van der Waals surface area contributed by atoms with Crippen molar-refractivity contribution in [3.8, 4) is 0 Å². The van der Waals surface area contributed by atoms with Crippen LogP contribution in [-0.4, -0.2) is 59.5 Å². The highest BCUT2D eigenvalue weighted by molar-refractivity contribution is 5.94. The highest BCUT2D eigenvalue weighted by Gasteiger charge is 2.33. The third-order valence-electron chi connectivity index (χ3n) is 5.08. The maximum atomic E-state index is 12.9. The third kappa shape index (κ3) is 10.1. The fourth-order valence-electron chi connectivity index (χ4n) is 2.88. The molecule has 4 unspecified atom stereocenters. The lowest BCUT2D eigenvalue weighted by Crippen LogP contribution is -2.59. The summed E-state index contributed by atoms with van der Waals surface area (Å²) in [7, 11) is 0. The highest BCUT2D eigenvalue weighted by Crippen LogP contribution is 2.09. The lowest BCUT2D eigenvalue weighted by molar-refractivity contribution is -0.143. The largest absolute Gasteiger partial charge is 0.480 e. The second-order valence-electron chi connectivity index (χ2n) is 8.91. The highest BCUT2D eigenvalue weighted by atomic mass is 16.4. The second kappa shape index (κ2) is 14.0. The quantitative estimate of drug-likeness (QED) is 0.204. The molecule has 0 aliphatic rings. The van der Waals surface area contributed by atoms with Gasteiger partial charge in [0, 0.05) is 0 Å². The van der Waals surface area contributed by atoms with Gasteiger partial charge in [-0.15, -0.1) is 0 Å². The van der Waals surface area contributed by atoms with Gasteiger partial charge in [0.2, 0.25) is 17.7 Å². The molecule has 0 saturated carbocycles. The molecule has 0 saturated heterocycles. The van der Waals surface area contributed by atoms with Gasteiger partial charge in [-0.25, -0.2) is 4.79 Å². The van der Waals surface area contributed by atoms with Crippen molar-refractivity contribution in [2.24, 2.45) is 29.2 Å². The molecular weight excluding hydrogens is 402 g/mol. The average molecular weight is 444 g/mol. The van der Waals surface area contributed by atoms with Crippen LogP contribution in [-0.2, 0) is 19.2 Å². The molecule has 31 heavy (non-hydrogen) atoms. The molecule has 0 aliphatic heterocycles. The van der Waals surface area contributed by atoms with Crippen LogP contribution in [0.5, 0.6) is 0 Å². The number of nitrogens with one attached hydrogen (secondary N) is 3. The zero-order valence-electron chi connectivity index (χ0n) is 19.6. The van der Waals surface area contributed by atoms with Gasteiger partial charge in [-0.05, 0) is 43.6 Å². The molecule has 0 fully saturated rings. The van der Waals surface area contributed by atoms with Gasteiger partial charge in [-0.3, -0.25) is 14.4 Å². The topological polar surface area (TPSA) is 177 Å². The van der Waals surface area contributed by atoms with Crippen molar-refractivity contribution in [3.05, 3.63) is 0 Å². The van der Waals surface area contributed by atoms with E-state index in [0.717, 1.165) is 0 Å². The molecule has 0 aromatic heterocycles. The molecule has 0 aliphatic carbocycles. The fourth-order valence-corrected chi connectivity index (χ4v) is 2.88. The van der Waals surface area contributed by atoms with E-state index in [1.807, 2.05) is 0 Å². The summed E-state index contributed by atoms with van der Waals surface area (Å²) in [5, 5.41) is 17.2. The van der Waals surface area contributed by atoms with E-state index in [1.54, 1.807) is 41.5 Å². The molecule has 0 spiro atoms. The number of carbonyl (C=O) groups is 4. The van der Waals surface area contributed by atoms with Gasteiger partial charge < -0.3 is 32.5 Å². The number of amides is 3. The van der Waals surface area contributed by atoms with E-state index < -0.39 is 47.9 Å². The number of rotatable bonds is 14. The Labute approximate surface area is 185 Å². The zero-order chi connectivity index (χ0) is 24.3. The lowest BCUT2D eigenvalue weighted by atomic mass is 9.98. The minimum absolute atomic E-state index is 0.0997. The maximum absolute atomic E-state index is 12.9. The first-order valence-corrected chi connectivity index (χ1v) is 10.9. The molecule has 0 rings (SSSR count). The smallest absolute Gasteiger partial charge is 0.326 e. The Kier molecular flexibility index (Phi) is 13.0. The number of hydrogen-bond acceptors (Lipinski definition) is 6. The van der Waals surface area contributed by atoms with Crippen LogP contribution in [0, 0.1) is 17.8 Å². The van der Waals surface area contributed by atoms with Crippen LogP contribution in [0.25, 0.3) is 0 Å². The lowest BCUT2D eigenvalue weighted by Gasteiger charge is -2.29. The SMILES string of the molecule is CC(C)C(N)C(=O)NC(C(=O)NC(C(=O)NC(CCCCN)C(=O)O)C(C)C)C(C)C. The normalized spacial score (nSPS) is 15.3. The molecule has 180 valence electrons. The monoisotopic (exact) mass is 443 g/mol. The summed E-state index contributed by atoms with van der Waals surface area (Å²) in [6, 6.07) is -3.67. The number of unbranched alkanes of at least 4 members (excludes halogenated alkanes) is 1. The minimum atomic E-state index is -1.14. The number of hydrogen-bond donors (Lipinski definition) is 6. The average Bonchev–Trinajstić information content (AvgIpc) is 2.67. The number of carbonyl (C=O) groups excluding carboxylic acids is 3. The second-order valence-corrected chi connectivity index (χ2v) is 8.91. The molecule has 3 amide bonds. The summed E-state index contributed by atoms with van der Waals surface area (Å²) >= 11 is 0. The molecule has 8 N–H and O–H groups in total. The summed E-state index contributed by atoms with van der Waals surface area (Å²) in [6.07, 6.45) is 1.46. The molecule has 0 bridgehead atoms. The fraction of sp³-hybridized carbons (Fsp3) is 0.810. The summed E-state index contributed by atoms with van der Waals surface area (Å²) in [5.74, 6) is -3.35. The summed E-state index contributed by atoms with van der Waals surface area (Å²) < 4.78 is 0. The molecule has 0 heterocycles. The standard InChI is InChI=1S/C21H41N5O5/c1-11(2)15(23)18(27)25-17(13(5)6)20(29)26-16(12(3)4)19(28)24-14(21(30)31)9-7-8-10-22/h11-17H,7-10,22-23H2,1-6H3,(H,24,28)(H,25,27)(H,26,29)(H,30,31). The van der Waals surface area contributed by atoms with Crippen LogP contribution in [0.1, 0.15) is 60.8 Å². The molecule has 0 aromatic rings. The van der Waals surface area contributed by atoms with E-state index in [1.165, 1.54) is 0 Å². The van der Waals surface area contributed by atoms with Gasteiger partial charge in [0.15, 0.2) is 0 Å². The number of carboxylic acids is 1. The van der Waals surface area contributed by atoms with Crippen molar-refractivity contribution in [2.75, 3.05) is 6.54 Å². The van der Waals surface area contributed by atoms with E-state index in [0.29, 0.717) is 19.4 Å². The van der Waals surface area contributed by atoms with Crippen molar-refractivity contribution in [1.29, 1.82) is 0 Å². The Bertz CT molecular complexity index is 609. The minimum Gasteiger partial charge on any atom is -0.480 e. The van der Waals surface area contributed by atoms with Crippen molar-refractivity contribution < 1.29 is 24.3 Å². The van der Waals surface area contributed by atoms with Crippen LogP contribution < -0.4 is 27.4 Å². The first-order valence-electron chi connectivity index (χ1n) is 10.9. The first kappa shape index (κ1) is 28.8. The van der Waals surface area contributed by atoms with E-state index in [9.17, 15) is 24.3 Å². The Morgan fingerprint density at radius 1 is 0.742 bits per heavy atom. The van der Waals surface area contributed by atoms with Gasteiger partial charge in [-0.1, -0.05) is 41.5 Å². The van der Waals surface area contributed by atoms with Crippen molar-refractivity contribution in [1.82, 2.24) is 16.0 Å². The summed E-state index contributed by atoms with van der Waals surface area (Å²) in [4.78, 5) is 49.5. The Balaban J connectivity index is 5.30. The van der Waals surface area contributed by atoms with Gasteiger partial charge in [-0.2, -0.15) is 0 Å². The molecular formula is C21H41N5O5. The predicted molar refractivity (Wildman–Crippen MR) is 119 cm³/mol. The third-order valence-corrected chi connectivity index (χ3v) is 5.08. The van der Waals surface area contributed by atoms with Crippen molar-refractivity contribution in [2.45, 2.75) is 85.0 Å². The van der Waals surface area contributed by atoms with E-state index in [4.69, 9.17) is 11.5 Å². The van der Waals surface area contributed by atoms with Gasteiger partial charge >= 0.3 is 5.97 Å². The predicted octanol–water partition coefficient (Wildman–Crippen LogP) is -0.0503. The van der Waals surface area contributed by atoms with Crippen LogP contribution in [0.3, 0.4) is 0 Å². The van der Waals surface area contributed by atoms with Gasteiger partial charge in [0.1, 0.15) is 18.1 Å². The van der Waals surface area contributed by atoms with Crippen LogP contribution in [0.2, 0.25) is 0 Å². The van der Waals surface area contributed by atoms with E-state index in [2.05, 4.69) is 16.0 Å². The van der Waals surface area contributed by atoms with Gasteiger partial charge in [0.25, 0.3) is 0 Å². The van der Waals surface area contributed by atoms with Crippen molar-refractivity contribution in [3.63, 3.8) is 0 Å². The van der Waals surface area contributed by atoms with Crippen LogP contribution in [0.15, 0.2) is 0 Å². The maximum Gasteiger partial charge on any atom is 0.326 e. The molecule has 10 heteroatoms. The van der Waals surface area contributed by atoms with Gasteiger partial charge in [0.05, 0.1) is 6.04 Å². The summed E-state index contributed by atoms with van der Waals surface area (Å²) in [5.41, 5.74) is 11.3. The Hall–Kier alpha value is -2.20. The van der Waals surface area contributed by atoms with Crippen LogP contribution >= 0.6 is 0 Å². The Morgan fingerprint density at radius 2 is 1.19 bits per heavy atom. The molecule has 0 aromatic carbocycles.